The molecule has 2 rings (SSSR count). The molecule has 2 aliphatic heterocycles. The quantitative estimate of drug-likeness (QED) is 0.665. The fourth-order valence-corrected chi connectivity index (χ4v) is 2.38. The molecular weight excluding hydrogens is 206 g/mol. The summed E-state index contributed by atoms with van der Waals surface area (Å²) in [5.41, 5.74) is 0. The minimum Gasteiger partial charge on any atom is -0.393 e. The van der Waals surface area contributed by atoms with Crippen LogP contribution in [0.2, 0.25) is 0 Å². The van der Waals surface area contributed by atoms with E-state index in [0.717, 1.165) is 12.8 Å². The molecule has 2 nitrogen and oxygen atoms in total. The highest BCUT2D eigenvalue weighted by atomic mass is 79.9. The number of hydrogen-bond acceptors (Lipinski definition) is 2. The second kappa shape index (κ2) is 3.42. The minimum absolute atomic E-state index is 0. The van der Waals surface area contributed by atoms with Crippen molar-refractivity contribution in [2.24, 2.45) is 0 Å². The average molecular weight is 222 g/mol. The van der Waals surface area contributed by atoms with Crippen LogP contribution in [0.3, 0.4) is 0 Å². The first-order valence-electron chi connectivity index (χ1n) is 4.17. The van der Waals surface area contributed by atoms with Gasteiger partial charge in [0.05, 0.1) is 6.10 Å². The summed E-state index contributed by atoms with van der Waals surface area (Å²) in [7, 11) is 2.19. The fourth-order valence-electron chi connectivity index (χ4n) is 2.38. The normalized spacial score (nSPS) is 43.6. The highest BCUT2D eigenvalue weighted by molar-refractivity contribution is 8.93. The highest BCUT2D eigenvalue weighted by Crippen LogP contribution is 2.33. The van der Waals surface area contributed by atoms with Crippen LogP contribution in [0.15, 0.2) is 0 Å². The SMILES string of the molecule is Br.CN1[C@@H]2CC[C@H]1CC(O)C2. The summed E-state index contributed by atoms with van der Waals surface area (Å²) in [5, 5.41) is 9.38. The van der Waals surface area contributed by atoms with Gasteiger partial charge in [-0.25, -0.2) is 0 Å². The molecule has 2 saturated heterocycles. The Morgan fingerprint density at radius 1 is 1.18 bits per heavy atom. The summed E-state index contributed by atoms with van der Waals surface area (Å²) in [6.07, 6.45) is 4.62. The summed E-state index contributed by atoms with van der Waals surface area (Å²) >= 11 is 0. The molecule has 0 aromatic carbocycles. The lowest BCUT2D eigenvalue weighted by Crippen LogP contribution is -2.41. The second-order valence-electron chi connectivity index (χ2n) is 3.68. The third kappa shape index (κ3) is 1.60. The number of halogens is 1. The van der Waals surface area contributed by atoms with Gasteiger partial charge in [0.25, 0.3) is 0 Å². The fraction of sp³-hybridized carbons (Fsp3) is 1.00. The van der Waals surface area contributed by atoms with E-state index in [4.69, 9.17) is 0 Å². The first-order chi connectivity index (χ1) is 4.77. The smallest absolute Gasteiger partial charge is 0.0570 e. The molecule has 3 atom stereocenters. The molecule has 2 bridgehead atoms. The number of rotatable bonds is 0. The van der Waals surface area contributed by atoms with Crippen LogP contribution in [-0.2, 0) is 0 Å². The Balaban J connectivity index is 0.000000605. The molecule has 2 aliphatic rings. The van der Waals surface area contributed by atoms with Crippen molar-refractivity contribution >= 4 is 17.0 Å². The van der Waals surface area contributed by atoms with E-state index in [1.54, 1.807) is 0 Å². The molecule has 0 aromatic rings. The first-order valence-corrected chi connectivity index (χ1v) is 4.17. The molecule has 11 heavy (non-hydrogen) atoms. The molecule has 0 aliphatic carbocycles. The number of nitrogens with zero attached hydrogens (tertiary/aromatic N) is 1. The summed E-state index contributed by atoms with van der Waals surface area (Å²) in [4.78, 5) is 2.44. The van der Waals surface area contributed by atoms with Gasteiger partial charge in [0, 0.05) is 12.1 Å². The van der Waals surface area contributed by atoms with Gasteiger partial charge < -0.3 is 10.0 Å². The van der Waals surface area contributed by atoms with E-state index < -0.39 is 0 Å². The van der Waals surface area contributed by atoms with E-state index in [1.165, 1.54) is 12.8 Å². The van der Waals surface area contributed by atoms with Crippen LogP contribution in [0.25, 0.3) is 0 Å². The summed E-state index contributed by atoms with van der Waals surface area (Å²) in [6.45, 7) is 0. The van der Waals surface area contributed by atoms with E-state index in [1.807, 2.05) is 0 Å². The van der Waals surface area contributed by atoms with E-state index >= 15 is 0 Å². The molecule has 0 radical (unpaired) electrons. The minimum atomic E-state index is -0.00583. The molecule has 3 heteroatoms. The van der Waals surface area contributed by atoms with Gasteiger partial charge >= 0.3 is 0 Å². The molecule has 0 spiro atoms. The zero-order valence-corrected chi connectivity index (χ0v) is 8.58. The molecule has 0 saturated carbocycles. The van der Waals surface area contributed by atoms with Crippen molar-refractivity contribution < 1.29 is 5.11 Å². The number of hydrogen-bond donors (Lipinski definition) is 1. The van der Waals surface area contributed by atoms with Crippen LogP contribution in [-0.4, -0.2) is 35.2 Å². The topological polar surface area (TPSA) is 23.5 Å². The molecule has 0 amide bonds. The zero-order chi connectivity index (χ0) is 7.14. The molecule has 2 heterocycles. The Morgan fingerprint density at radius 3 is 2.09 bits per heavy atom. The van der Waals surface area contributed by atoms with Gasteiger partial charge in [0.15, 0.2) is 0 Å². The number of aliphatic hydroxyl groups excluding tert-OH is 1. The van der Waals surface area contributed by atoms with Crippen LogP contribution >= 0.6 is 17.0 Å². The van der Waals surface area contributed by atoms with Gasteiger partial charge in [0.1, 0.15) is 0 Å². The molecule has 1 N–H and O–H groups in total. The van der Waals surface area contributed by atoms with E-state index in [0.29, 0.717) is 12.1 Å². The zero-order valence-electron chi connectivity index (χ0n) is 6.86. The van der Waals surface area contributed by atoms with Crippen LogP contribution in [0.5, 0.6) is 0 Å². The van der Waals surface area contributed by atoms with E-state index in [9.17, 15) is 5.11 Å². The summed E-state index contributed by atoms with van der Waals surface area (Å²) in [5.74, 6) is 0. The summed E-state index contributed by atoms with van der Waals surface area (Å²) in [6, 6.07) is 1.38. The standard InChI is InChI=1S/C8H15NO.BrH/c1-9-6-2-3-7(9)5-8(10)4-6;/h6-8,10H,2-5H2,1H3;1H/t6-,7+,8?;. The maximum Gasteiger partial charge on any atom is 0.0570 e. The third-order valence-electron chi connectivity index (χ3n) is 3.07. The monoisotopic (exact) mass is 221 g/mol. The number of aliphatic hydroxyl groups is 1. The Labute approximate surface area is 78.3 Å². The van der Waals surface area contributed by atoms with Crippen molar-refractivity contribution in [2.45, 2.75) is 43.9 Å². The largest absolute Gasteiger partial charge is 0.393 e. The van der Waals surface area contributed by atoms with Gasteiger partial charge in [-0.15, -0.1) is 17.0 Å². The van der Waals surface area contributed by atoms with Crippen molar-refractivity contribution in [3.8, 4) is 0 Å². The maximum atomic E-state index is 9.38. The van der Waals surface area contributed by atoms with Crippen LogP contribution in [0.1, 0.15) is 25.7 Å². The highest BCUT2D eigenvalue weighted by Gasteiger charge is 2.37. The average Bonchev–Trinajstić information content (AvgIpc) is 2.20. The van der Waals surface area contributed by atoms with Crippen molar-refractivity contribution in [2.75, 3.05) is 7.05 Å². The lowest BCUT2D eigenvalue weighted by atomic mass is 10.0. The Bertz CT molecular complexity index is 128. The van der Waals surface area contributed by atoms with E-state index in [-0.39, 0.29) is 23.1 Å². The molecule has 2 fully saturated rings. The van der Waals surface area contributed by atoms with Crippen molar-refractivity contribution in [3.05, 3.63) is 0 Å². The lowest BCUT2D eigenvalue weighted by molar-refractivity contribution is 0.0503. The predicted molar refractivity (Wildman–Crippen MR) is 50.1 cm³/mol. The van der Waals surface area contributed by atoms with Crippen molar-refractivity contribution in [1.82, 2.24) is 4.90 Å². The van der Waals surface area contributed by atoms with Crippen LogP contribution < -0.4 is 0 Å². The summed E-state index contributed by atoms with van der Waals surface area (Å²) < 4.78 is 0. The lowest BCUT2D eigenvalue weighted by Gasteiger charge is -2.33. The second-order valence-corrected chi connectivity index (χ2v) is 3.68. The molecule has 66 valence electrons. The first kappa shape index (κ1) is 9.49. The van der Waals surface area contributed by atoms with Gasteiger partial charge in [0.2, 0.25) is 0 Å². The molecule has 0 aromatic heterocycles. The Morgan fingerprint density at radius 2 is 1.64 bits per heavy atom. The van der Waals surface area contributed by atoms with Crippen LogP contribution in [0.4, 0.5) is 0 Å². The third-order valence-corrected chi connectivity index (χ3v) is 3.07. The number of piperidine rings is 1. The van der Waals surface area contributed by atoms with Gasteiger partial charge in [-0.05, 0) is 32.7 Å². The number of fused-ring (bicyclic) bond motifs is 2. The van der Waals surface area contributed by atoms with Crippen LogP contribution in [0, 0.1) is 0 Å². The predicted octanol–water partition coefficient (Wildman–Crippen LogP) is 1.18. The van der Waals surface area contributed by atoms with E-state index in [2.05, 4.69) is 11.9 Å². The van der Waals surface area contributed by atoms with Gasteiger partial charge in [-0.1, -0.05) is 0 Å². The van der Waals surface area contributed by atoms with Gasteiger partial charge in [-0.3, -0.25) is 0 Å². The molecular formula is C8H16BrNO. The Kier molecular flexibility index (Phi) is 2.95. The van der Waals surface area contributed by atoms with Crippen molar-refractivity contribution in [3.63, 3.8) is 0 Å². The maximum absolute atomic E-state index is 9.38. The Hall–Kier alpha value is 0.400. The molecule has 1 unspecified atom stereocenters. The van der Waals surface area contributed by atoms with Crippen molar-refractivity contribution in [1.29, 1.82) is 0 Å². The van der Waals surface area contributed by atoms with Gasteiger partial charge in [-0.2, -0.15) is 0 Å².